The van der Waals surface area contributed by atoms with Crippen molar-refractivity contribution >= 4 is 43.7 Å². The van der Waals surface area contributed by atoms with Gasteiger partial charge in [0, 0.05) is 19.3 Å². The van der Waals surface area contributed by atoms with E-state index in [2.05, 4.69) is 9.97 Å². The number of hydrogen-bond donors (Lipinski definition) is 1. The summed E-state index contributed by atoms with van der Waals surface area (Å²) >= 11 is 0. The van der Waals surface area contributed by atoms with Crippen LogP contribution < -0.4 is 0 Å². The van der Waals surface area contributed by atoms with E-state index < -0.39 is 5.97 Å². The van der Waals surface area contributed by atoms with Crippen LogP contribution in [0.1, 0.15) is 9.78 Å². The van der Waals surface area contributed by atoms with Crippen LogP contribution in [-0.4, -0.2) is 64.3 Å². The molecule has 5 nitrogen and oxygen atoms in total. The van der Waals surface area contributed by atoms with E-state index in [1.807, 2.05) is 0 Å². The van der Waals surface area contributed by atoms with Crippen molar-refractivity contribution in [3.05, 3.63) is 24.8 Å². The summed E-state index contributed by atoms with van der Waals surface area (Å²) in [4.78, 5) is 16.3. The summed E-state index contributed by atoms with van der Waals surface area (Å²) in [6, 6.07) is 1.78. The number of aromatic nitrogens is 2. The van der Waals surface area contributed by atoms with Gasteiger partial charge in [-0.05, 0) is 6.07 Å². The number of rotatable bonds is 0. The van der Waals surface area contributed by atoms with Crippen molar-refractivity contribution in [2.24, 2.45) is 0 Å². The first-order chi connectivity index (χ1) is 4.73. The van der Waals surface area contributed by atoms with E-state index in [0.29, 0.717) is 0 Å². The van der Waals surface area contributed by atoms with Gasteiger partial charge in [-0.3, -0.25) is 4.79 Å². The molecule has 0 saturated heterocycles. The van der Waals surface area contributed by atoms with E-state index in [1.165, 1.54) is 6.33 Å². The molecule has 66 valence electrons. The van der Waals surface area contributed by atoms with Gasteiger partial charge in [-0.25, -0.2) is 9.97 Å². The van der Waals surface area contributed by atoms with Crippen LogP contribution in [0.3, 0.4) is 0 Å². The molecule has 0 saturated carbocycles. The summed E-state index contributed by atoms with van der Waals surface area (Å²) in [5.41, 5.74) is 0. The van der Waals surface area contributed by atoms with Crippen molar-refractivity contribution in [1.82, 2.24) is 9.97 Å². The van der Waals surface area contributed by atoms with Crippen LogP contribution in [0.25, 0.3) is 0 Å². The number of carbonyl (C=O) groups is 1. The van der Waals surface area contributed by atoms with Gasteiger partial charge in [-0.15, -0.1) is 0 Å². The number of hydrogen-bond acceptors (Lipinski definition) is 3. The van der Waals surface area contributed by atoms with Crippen LogP contribution in [0.4, 0.5) is 0 Å². The maximum absolute atomic E-state index is 9.00. The first-order valence-electron chi connectivity index (χ1n) is 2.63. The quantitative estimate of drug-likeness (QED) is 0.576. The molecule has 0 aliphatic rings. The Labute approximate surface area is 103 Å². The normalized spacial score (nSPS) is 6.08. The Bertz CT molecular complexity index is 161. The molecule has 0 aromatic carbocycles. The average Bonchev–Trinajstić information content (AvgIpc) is 1.90. The summed E-state index contributed by atoms with van der Waals surface area (Å²) < 4.78 is 0. The minimum absolute atomic E-state index is 0. The van der Waals surface area contributed by atoms with Gasteiger partial charge in [0.1, 0.15) is 6.33 Å². The molecule has 1 aromatic rings. The second-order valence-electron chi connectivity index (χ2n) is 1.42. The van der Waals surface area contributed by atoms with Gasteiger partial charge in [-0.2, -0.15) is 0 Å². The summed E-state index contributed by atoms with van der Waals surface area (Å²) in [7, 11) is 0. The Balaban J connectivity index is -0.0000000315. The van der Waals surface area contributed by atoms with Crippen LogP contribution in [0.5, 0.6) is 0 Å². The molecular weight excluding hydrogens is 188 g/mol. The van der Waals surface area contributed by atoms with Gasteiger partial charge < -0.3 is 13.4 Å². The van der Waals surface area contributed by atoms with Crippen LogP contribution in [0.15, 0.2) is 24.8 Å². The number of carboxylic acid groups (broad SMARTS) is 1. The molecule has 1 rings (SSSR count). The molecule has 0 bridgehead atoms. The third-order valence-corrected chi connectivity index (χ3v) is 0.478. The predicted octanol–water partition coefficient (Wildman–Crippen LogP) is -0.413. The molecule has 0 aliphatic carbocycles. The molecule has 12 heavy (non-hydrogen) atoms. The molecule has 1 aromatic heterocycles. The molecule has 6 heteroatoms. The maximum atomic E-state index is 9.00. The summed E-state index contributed by atoms with van der Waals surface area (Å²) in [6.07, 6.45) is 4.88. The number of carboxylic acids is 1. The van der Waals surface area contributed by atoms with E-state index in [9.17, 15) is 0 Å². The first kappa shape index (κ1) is 17.8. The van der Waals surface area contributed by atoms with E-state index in [1.54, 1.807) is 18.5 Å². The van der Waals surface area contributed by atoms with Crippen molar-refractivity contribution in [3.63, 3.8) is 0 Å². The SMILES string of the molecule is CC(=O)O.O.[Ca+2].[H-].[H-].c1cncnc1. The summed E-state index contributed by atoms with van der Waals surface area (Å²) in [6.45, 7) is 1.08. The third-order valence-electron chi connectivity index (χ3n) is 0.478. The van der Waals surface area contributed by atoms with Gasteiger partial charge in [0.15, 0.2) is 0 Å². The second-order valence-corrected chi connectivity index (χ2v) is 1.42. The fraction of sp³-hybridized carbons (Fsp3) is 0.167. The maximum Gasteiger partial charge on any atom is 2.00 e. The average molecular weight is 200 g/mol. The Morgan fingerprint density at radius 1 is 1.42 bits per heavy atom. The van der Waals surface area contributed by atoms with E-state index in [0.717, 1.165) is 6.92 Å². The van der Waals surface area contributed by atoms with Gasteiger partial charge in [-0.1, -0.05) is 0 Å². The zero-order chi connectivity index (χ0) is 7.82. The van der Waals surface area contributed by atoms with Crippen molar-refractivity contribution < 1.29 is 18.2 Å². The predicted molar refractivity (Wildman–Crippen MR) is 46.9 cm³/mol. The van der Waals surface area contributed by atoms with Crippen molar-refractivity contribution in [2.45, 2.75) is 6.92 Å². The third kappa shape index (κ3) is 22.6. The largest absolute Gasteiger partial charge is 2.00 e. The van der Waals surface area contributed by atoms with Crippen LogP contribution >= 0.6 is 0 Å². The Kier molecular flexibility index (Phi) is 19.8. The van der Waals surface area contributed by atoms with Crippen LogP contribution in [-0.2, 0) is 4.79 Å². The molecule has 3 N–H and O–H groups in total. The van der Waals surface area contributed by atoms with Crippen molar-refractivity contribution in [1.29, 1.82) is 0 Å². The van der Waals surface area contributed by atoms with Gasteiger partial charge >= 0.3 is 37.7 Å². The zero-order valence-electron chi connectivity index (χ0n) is 8.77. The molecule has 0 atom stereocenters. The van der Waals surface area contributed by atoms with E-state index in [4.69, 9.17) is 9.90 Å². The molecule has 0 amide bonds. The molecule has 1 heterocycles. The van der Waals surface area contributed by atoms with Crippen molar-refractivity contribution in [2.75, 3.05) is 0 Å². The smallest absolute Gasteiger partial charge is 1.00 e. The van der Waals surface area contributed by atoms with E-state index in [-0.39, 0.29) is 46.1 Å². The molecular formula is C6H12CaN2O3. The fourth-order valence-electron chi connectivity index (χ4n) is 0.253. The zero-order valence-corrected chi connectivity index (χ0v) is 8.97. The van der Waals surface area contributed by atoms with Gasteiger partial charge in [0.05, 0.1) is 0 Å². The second kappa shape index (κ2) is 13.4. The number of nitrogens with zero attached hydrogens (tertiary/aromatic N) is 2. The van der Waals surface area contributed by atoms with Crippen LogP contribution in [0.2, 0.25) is 0 Å². The molecule has 0 unspecified atom stereocenters. The Morgan fingerprint density at radius 3 is 1.83 bits per heavy atom. The standard InChI is InChI=1S/C4H4N2.C2H4O2.Ca.H2O.2H/c1-2-5-4-6-3-1;1-2(3)4;;;;/h1-4H;1H3,(H,3,4);;1H2;;/q;;+2;;2*-1. The molecule has 0 fully saturated rings. The molecule has 0 aliphatic heterocycles. The topological polar surface area (TPSA) is 94.6 Å². The summed E-state index contributed by atoms with van der Waals surface area (Å²) in [5.74, 6) is -0.833. The van der Waals surface area contributed by atoms with E-state index >= 15 is 0 Å². The summed E-state index contributed by atoms with van der Waals surface area (Å²) in [5, 5.41) is 7.42. The van der Waals surface area contributed by atoms with Gasteiger partial charge in [0.25, 0.3) is 5.97 Å². The number of aliphatic carboxylic acids is 1. The molecule has 0 spiro atoms. The van der Waals surface area contributed by atoms with Crippen molar-refractivity contribution in [3.8, 4) is 0 Å². The first-order valence-corrected chi connectivity index (χ1v) is 2.63. The molecule has 0 radical (unpaired) electrons. The minimum atomic E-state index is -0.833. The monoisotopic (exact) mass is 200 g/mol. The Morgan fingerprint density at radius 2 is 1.75 bits per heavy atom. The van der Waals surface area contributed by atoms with Crippen LogP contribution in [0, 0.1) is 0 Å². The minimum Gasteiger partial charge on any atom is -1.00 e. The van der Waals surface area contributed by atoms with Gasteiger partial charge in [0.2, 0.25) is 0 Å². The Hall–Kier alpha value is -0.230. The fourth-order valence-corrected chi connectivity index (χ4v) is 0.253.